The van der Waals surface area contributed by atoms with Gasteiger partial charge in [-0.1, -0.05) is 0 Å². The van der Waals surface area contributed by atoms with Gasteiger partial charge in [-0.25, -0.2) is 0 Å². The van der Waals surface area contributed by atoms with E-state index in [-0.39, 0.29) is 31.3 Å². The number of alkyl halides is 1. The van der Waals surface area contributed by atoms with Gasteiger partial charge in [0.15, 0.2) is 0 Å². The van der Waals surface area contributed by atoms with E-state index in [9.17, 15) is 9.59 Å². The van der Waals surface area contributed by atoms with Crippen molar-refractivity contribution in [2.75, 3.05) is 0 Å². The molecule has 0 N–H and O–H groups in total. The molecule has 0 aromatic heterocycles. The Morgan fingerprint density at radius 2 is 1.86 bits per heavy atom. The fraction of sp³-hybridized carbons (Fsp3) is 0.750. The first-order valence-electron chi connectivity index (χ1n) is 4.11. The van der Waals surface area contributed by atoms with Gasteiger partial charge in [-0.3, -0.25) is 0 Å². The van der Waals surface area contributed by atoms with Crippen LogP contribution in [0, 0.1) is 0 Å². The molecule has 14 heavy (non-hydrogen) atoms. The van der Waals surface area contributed by atoms with Crippen LogP contribution < -0.4 is 0 Å². The standard InChI is InChI=1S/C8H11ClO4Se/c1-4(10)12-6-3-14-8(9)7(6)13-5(2)11/h6-8H,3H2,1-2H3/t6-,7+,8?/m0/s1. The fourth-order valence-corrected chi connectivity index (χ4v) is 3.98. The normalized spacial score (nSPS) is 31.2. The van der Waals surface area contributed by atoms with Gasteiger partial charge in [-0.2, -0.15) is 0 Å². The van der Waals surface area contributed by atoms with Crippen molar-refractivity contribution in [2.45, 2.75) is 35.7 Å². The molecule has 0 radical (unpaired) electrons. The Morgan fingerprint density at radius 3 is 2.36 bits per heavy atom. The first-order valence-corrected chi connectivity index (χ1v) is 6.74. The van der Waals surface area contributed by atoms with Crippen LogP contribution in [0.4, 0.5) is 0 Å². The van der Waals surface area contributed by atoms with Gasteiger partial charge in [-0.05, 0) is 0 Å². The second kappa shape index (κ2) is 5.01. The molecule has 0 aromatic rings. The van der Waals surface area contributed by atoms with Crippen LogP contribution in [0.2, 0.25) is 5.32 Å². The molecule has 1 aliphatic heterocycles. The molecule has 0 bridgehead atoms. The number of rotatable bonds is 2. The van der Waals surface area contributed by atoms with Crippen molar-refractivity contribution in [2.24, 2.45) is 0 Å². The minimum atomic E-state index is -0.474. The van der Waals surface area contributed by atoms with E-state index in [1.807, 2.05) is 0 Å². The SMILES string of the molecule is CC(=O)O[C@H]1C[Se]C(Cl)[C@@H]1OC(C)=O. The summed E-state index contributed by atoms with van der Waals surface area (Å²) >= 11 is 6.11. The second-order valence-electron chi connectivity index (χ2n) is 2.91. The maximum absolute atomic E-state index is 10.8. The zero-order valence-corrected chi connectivity index (χ0v) is 10.3. The van der Waals surface area contributed by atoms with Gasteiger partial charge < -0.3 is 0 Å². The van der Waals surface area contributed by atoms with E-state index in [1.165, 1.54) is 13.8 Å². The van der Waals surface area contributed by atoms with Gasteiger partial charge in [0.25, 0.3) is 0 Å². The first-order chi connectivity index (χ1) is 6.50. The fourth-order valence-electron chi connectivity index (χ4n) is 1.18. The van der Waals surface area contributed by atoms with E-state index in [1.54, 1.807) is 0 Å². The van der Waals surface area contributed by atoms with E-state index in [0.717, 1.165) is 0 Å². The summed E-state index contributed by atoms with van der Waals surface area (Å²) in [6, 6.07) is 0. The van der Waals surface area contributed by atoms with Crippen LogP contribution in [-0.2, 0) is 19.1 Å². The second-order valence-corrected chi connectivity index (χ2v) is 6.43. The maximum atomic E-state index is 10.8. The van der Waals surface area contributed by atoms with Gasteiger partial charge in [0, 0.05) is 0 Å². The molecule has 3 atom stereocenters. The molecule has 0 aliphatic carbocycles. The summed E-state index contributed by atoms with van der Waals surface area (Å²) in [6.07, 6.45) is -0.836. The molecule has 0 saturated carbocycles. The molecule has 0 aromatic carbocycles. The number of carbonyl (C=O) groups excluding carboxylic acids is 2. The van der Waals surface area contributed by atoms with E-state index in [0.29, 0.717) is 5.32 Å². The Balaban J connectivity index is 2.56. The first kappa shape index (κ1) is 11.8. The molecule has 1 rings (SSSR count). The molecule has 1 unspecified atom stereocenters. The number of ether oxygens (including phenoxy) is 2. The topological polar surface area (TPSA) is 52.6 Å². The van der Waals surface area contributed by atoms with Crippen LogP contribution in [0.5, 0.6) is 0 Å². The predicted molar refractivity (Wildman–Crippen MR) is 51.3 cm³/mol. The number of esters is 2. The molecule has 1 heterocycles. The average Bonchev–Trinajstić information content (AvgIpc) is 2.34. The van der Waals surface area contributed by atoms with Crippen molar-refractivity contribution in [3.63, 3.8) is 0 Å². The molecule has 1 fully saturated rings. The predicted octanol–water partition coefficient (Wildman–Crippen LogP) is 0.551. The zero-order chi connectivity index (χ0) is 10.7. The molecule has 1 saturated heterocycles. The quantitative estimate of drug-likeness (QED) is 0.422. The summed E-state index contributed by atoms with van der Waals surface area (Å²) in [7, 11) is 0. The average molecular weight is 286 g/mol. The van der Waals surface area contributed by atoms with Crippen molar-refractivity contribution < 1.29 is 19.1 Å². The van der Waals surface area contributed by atoms with Crippen molar-refractivity contribution >= 4 is 38.5 Å². The third kappa shape index (κ3) is 3.15. The molecule has 4 nitrogen and oxygen atoms in total. The van der Waals surface area contributed by atoms with Crippen LogP contribution in [0.3, 0.4) is 0 Å². The van der Waals surface area contributed by atoms with Crippen molar-refractivity contribution in [1.29, 1.82) is 0 Å². The van der Waals surface area contributed by atoms with Crippen LogP contribution in [0.1, 0.15) is 13.8 Å². The number of halogens is 1. The molecular formula is C8H11ClO4Se. The molecule has 1 aliphatic rings. The molecular weight excluding hydrogens is 274 g/mol. The molecule has 80 valence electrons. The third-order valence-electron chi connectivity index (χ3n) is 1.66. The summed E-state index contributed by atoms with van der Waals surface area (Å²) < 4.78 is 9.82. The van der Waals surface area contributed by atoms with E-state index in [4.69, 9.17) is 21.1 Å². The molecule has 6 heteroatoms. The van der Waals surface area contributed by atoms with Crippen LogP contribution in [0.25, 0.3) is 0 Å². The van der Waals surface area contributed by atoms with Gasteiger partial charge in [0.05, 0.1) is 0 Å². The summed E-state index contributed by atoms with van der Waals surface area (Å²) in [5.74, 6) is -0.760. The Bertz CT molecular complexity index is 245. The Labute approximate surface area is 93.4 Å². The van der Waals surface area contributed by atoms with Crippen molar-refractivity contribution in [1.82, 2.24) is 0 Å². The van der Waals surface area contributed by atoms with Crippen molar-refractivity contribution in [3.05, 3.63) is 0 Å². The van der Waals surface area contributed by atoms with Crippen LogP contribution >= 0.6 is 11.6 Å². The van der Waals surface area contributed by atoms with Crippen LogP contribution in [-0.4, -0.2) is 43.4 Å². The third-order valence-corrected chi connectivity index (χ3v) is 4.89. The summed E-state index contributed by atoms with van der Waals surface area (Å²) in [6.45, 7) is 2.65. The van der Waals surface area contributed by atoms with E-state index >= 15 is 0 Å². The number of carbonyl (C=O) groups is 2. The summed E-state index contributed by atoms with van der Waals surface area (Å²) in [5, 5.41) is 0.707. The Morgan fingerprint density at radius 1 is 1.29 bits per heavy atom. The Kier molecular flexibility index (Phi) is 4.23. The molecule has 0 spiro atoms. The van der Waals surface area contributed by atoms with Gasteiger partial charge in [-0.15, -0.1) is 0 Å². The van der Waals surface area contributed by atoms with E-state index in [2.05, 4.69) is 0 Å². The van der Waals surface area contributed by atoms with Gasteiger partial charge in [0.2, 0.25) is 0 Å². The monoisotopic (exact) mass is 286 g/mol. The summed E-state index contributed by atoms with van der Waals surface area (Å²) in [4.78, 5) is 21.5. The number of hydrogen-bond acceptors (Lipinski definition) is 4. The Hall–Kier alpha value is -0.251. The van der Waals surface area contributed by atoms with E-state index < -0.39 is 12.1 Å². The molecule has 0 amide bonds. The van der Waals surface area contributed by atoms with Crippen molar-refractivity contribution in [3.8, 4) is 0 Å². The van der Waals surface area contributed by atoms with Crippen LogP contribution in [0.15, 0.2) is 0 Å². The number of hydrogen-bond donors (Lipinski definition) is 0. The summed E-state index contributed by atoms with van der Waals surface area (Å²) in [5.41, 5.74) is 0. The minimum absolute atomic E-state index is 0.155. The van der Waals surface area contributed by atoms with Gasteiger partial charge in [0.1, 0.15) is 0 Å². The van der Waals surface area contributed by atoms with Gasteiger partial charge >= 0.3 is 93.2 Å². The zero-order valence-electron chi connectivity index (χ0n) is 7.86.